The average Bonchev–Trinajstić information content (AvgIpc) is 2.70. The molecule has 1 aliphatic heterocycles. The van der Waals surface area contributed by atoms with Crippen LogP contribution in [0.5, 0.6) is 0 Å². The molecule has 134 valence electrons. The van der Waals surface area contributed by atoms with E-state index in [9.17, 15) is 8.42 Å². The zero-order valence-corrected chi connectivity index (χ0v) is 15.6. The molecular weight excluding hydrogens is 374 g/mol. The van der Waals surface area contributed by atoms with E-state index in [2.05, 4.69) is 15.3 Å². The lowest BCUT2D eigenvalue weighted by Gasteiger charge is -2.12. The van der Waals surface area contributed by atoms with Gasteiger partial charge in [-0.2, -0.15) is 0 Å². The van der Waals surface area contributed by atoms with Crippen LogP contribution in [0.3, 0.4) is 0 Å². The van der Waals surface area contributed by atoms with Gasteiger partial charge in [0, 0.05) is 34.3 Å². The third kappa shape index (κ3) is 3.33. The van der Waals surface area contributed by atoms with Crippen molar-refractivity contribution in [3.8, 4) is 0 Å². The molecule has 0 fully saturated rings. The molecule has 0 saturated carbocycles. The van der Waals surface area contributed by atoms with Crippen LogP contribution in [0.15, 0.2) is 57.9 Å². The van der Waals surface area contributed by atoms with Crippen molar-refractivity contribution in [2.45, 2.75) is 11.9 Å². The highest BCUT2D eigenvalue weighted by Crippen LogP contribution is 2.29. The molecule has 0 amide bonds. The van der Waals surface area contributed by atoms with Crippen molar-refractivity contribution in [2.75, 3.05) is 11.6 Å². The van der Waals surface area contributed by atoms with E-state index in [1.54, 1.807) is 25.1 Å². The molecule has 1 aromatic heterocycles. The minimum absolute atomic E-state index is 0.0426. The van der Waals surface area contributed by atoms with Gasteiger partial charge < -0.3 is 11.1 Å². The molecule has 1 aromatic carbocycles. The lowest BCUT2D eigenvalue weighted by atomic mass is 10.0. The maximum Gasteiger partial charge on any atom is 0.192 e. The molecule has 2 heterocycles. The first-order chi connectivity index (χ1) is 12.2. The third-order valence-corrected chi connectivity index (χ3v) is 5.05. The number of halogens is 1. The highest BCUT2D eigenvalue weighted by molar-refractivity contribution is 7.90. The van der Waals surface area contributed by atoms with E-state index in [4.69, 9.17) is 22.7 Å². The molecule has 0 spiro atoms. The predicted octanol–water partition coefficient (Wildman–Crippen LogP) is 2.57. The summed E-state index contributed by atoms with van der Waals surface area (Å²) in [4.78, 5) is 8.57. The second kappa shape index (κ2) is 6.54. The van der Waals surface area contributed by atoms with Gasteiger partial charge in [-0.15, -0.1) is 0 Å². The molecule has 0 unspecified atom stereocenters. The summed E-state index contributed by atoms with van der Waals surface area (Å²) in [6, 6.07) is 8.48. The first kappa shape index (κ1) is 18.1. The zero-order valence-electron chi connectivity index (χ0n) is 14.0. The molecule has 26 heavy (non-hydrogen) atoms. The molecule has 0 bridgehead atoms. The summed E-state index contributed by atoms with van der Waals surface area (Å²) >= 11 is 6.33. The van der Waals surface area contributed by atoms with Crippen LogP contribution in [-0.2, 0) is 9.84 Å². The number of fused-ring (bicyclic) bond motifs is 1. The number of nitrogens with one attached hydrogen (secondary N) is 2. The molecule has 4 N–H and O–H groups in total. The number of nitrogens with zero attached hydrogens (tertiary/aromatic N) is 2. The standard InChI is InChI=1S/C17H16ClN5O2S/c1-9(19)15-17(20)22-13-7-14(26(2,24)25)21-8-11(13)16(23-15)10-5-3-4-6-12(10)18/h3-8H,19H2,1-2H3,(H2,20,22)/b15-9+. The number of pyridine rings is 1. The second-order valence-electron chi connectivity index (χ2n) is 5.81. The van der Waals surface area contributed by atoms with Crippen LogP contribution in [0.2, 0.25) is 5.02 Å². The van der Waals surface area contributed by atoms with Crippen LogP contribution in [0.1, 0.15) is 18.1 Å². The lowest BCUT2D eigenvalue weighted by Crippen LogP contribution is -2.15. The number of hydrogen-bond acceptors (Lipinski definition) is 6. The fourth-order valence-electron chi connectivity index (χ4n) is 2.50. The fraction of sp³-hybridized carbons (Fsp3) is 0.118. The summed E-state index contributed by atoms with van der Waals surface area (Å²) in [6.45, 7) is 1.63. The number of aromatic nitrogens is 1. The third-order valence-electron chi connectivity index (χ3n) is 3.74. The van der Waals surface area contributed by atoms with Crippen molar-refractivity contribution in [3.05, 3.63) is 64.1 Å². The van der Waals surface area contributed by atoms with Crippen LogP contribution in [0.4, 0.5) is 5.69 Å². The van der Waals surface area contributed by atoms with Crippen molar-refractivity contribution in [2.24, 2.45) is 10.7 Å². The molecule has 3 rings (SSSR count). The van der Waals surface area contributed by atoms with Crippen molar-refractivity contribution < 1.29 is 8.42 Å². The topological polar surface area (TPSA) is 121 Å². The van der Waals surface area contributed by atoms with Gasteiger partial charge in [0.1, 0.15) is 5.70 Å². The number of amidine groups is 1. The highest BCUT2D eigenvalue weighted by atomic mass is 35.5. The molecule has 9 heteroatoms. The first-order valence-corrected chi connectivity index (χ1v) is 9.82. The Morgan fingerprint density at radius 2 is 1.96 bits per heavy atom. The van der Waals surface area contributed by atoms with E-state index in [1.165, 1.54) is 12.3 Å². The maximum absolute atomic E-state index is 11.8. The van der Waals surface area contributed by atoms with Crippen molar-refractivity contribution in [1.29, 1.82) is 5.41 Å². The number of anilines is 1. The minimum atomic E-state index is -3.51. The summed E-state index contributed by atoms with van der Waals surface area (Å²) in [5.41, 5.74) is 8.46. The van der Waals surface area contributed by atoms with E-state index in [0.717, 1.165) is 6.26 Å². The fourth-order valence-corrected chi connectivity index (χ4v) is 3.30. The average molecular weight is 390 g/mol. The molecule has 2 aromatic rings. The van der Waals surface area contributed by atoms with Crippen LogP contribution >= 0.6 is 11.6 Å². The lowest BCUT2D eigenvalue weighted by molar-refractivity contribution is 0.598. The summed E-state index contributed by atoms with van der Waals surface area (Å²) < 4.78 is 23.7. The number of benzene rings is 1. The van der Waals surface area contributed by atoms with Gasteiger partial charge in [-0.3, -0.25) is 5.41 Å². The quantitative estimate of drug-likeness (QED) is 0.728. The van der Waals surface area contributed by atoms with Gasteiger partial charge in [0.15, 0.2) is 20.7 Å². The van der Waals surface area contributed by atoms with E-state index >= 15 is 0 Å². The molecule has 0 atom stereocenters. The predicted molar refractivity (Wildman–Crippen MR) is 103 cm³/mol. The Hall–Kier alpha value is -2.71. The Morgan fingerprint density at radius 1 is 1.27 bits per heavy atom. The largest absolute Gasteiger partial charge is 0.400 e. The summed E-state index contributed by atoms with van der Waals surface area (Å²) in [5, 5.41) is 11.4. The maximum atomic E-state index is 11.8. The van der Waals surface area contributed by atoms with Gasteiger partial charge in [-0.05, 0) is 19.1 Å². The number of aliphatic imine (C=N–C) groups is 1. The normalized spacial score (nSPS) is 16.3. The van der Waals surface area contributed by atoms with Gasteiger partial charge in [0.05, 0.1) is 11.4 Å². The monoisotopic (exact) mass is 389 g/mol. The number of hydrogen-bond donors (Lipinski definition) is 3. The Kier molecular flexibility index (Phi) is 4.55. The van der Waals surface area contributed by atoms with Crippen LogP contribution < -0.4 is 11.1 Å². The molecule has 0 saturated heterocycles. The minimum Gasteiger partial charge on any atom is -0.400 e. The summed E-state index contributed by atoms with van der Waals surface area (Å²) in [6.07, 6.45) is 2.48. The van der Waals surface area contributed by atoms with Gasteiger partial charge in [0.2, 0.25) is 0 Å². The van der Waals surface area contributed by atoms with Crippen LogP contribution in [0, 0.1) is 5.41 Å². The number of rotatable bonds is 2. The Bertz CT molecular complexity index is 1090. The van der Waals surface area contributed by atoms with Crippen molar-refractivity contribution in [1.82, 2.24) is 4.98 Å². The second-order valence-corrected chi connectivity index (χ2v) is 8.18. The Labute approximate surface area is 156 Å². The van der Waals surface area contributed by atoms with Crippen LogP contribution in [-0.4, -0.2) is 31.2 Å². The molecular formula is C17H16ClN5O2S. The number of allylic oxidation sites excluding steroid dienone is 1. The zero-order chi connectivity index (χ0) is 19.1. The molecule has 0 radical (unpaired) electrons. The van der Waals surface area contributed by atoms with Crippen LogP contribution in [0.25, 0.3) is 0 Å². The molecule has 7 nitrogen and oxygen atoms in total. The van der Waals surface area contributed by atoms with Gasteiger partial charge in [-0.25, -0.2) is 18.4 Å². The molecule has 1 aliphatic rings. The van der Waals surface area contributed by atoms with Crippen molar-refractivity contribution in [3.63, 3.8) is 0 Å². The van der Waals surface area contributed by atoms with E-state index < -0.39 is 9.84 Å². The summed E-state index contributed by atoms with van der Waals surface area (Å²) in [5.74, 6) is -0.0426. The Morgan fingerprint density at radius 3 is 2.58 bits per heavy atom. The molecule has 0 aliphatic carbocycles. The Balaban J connectivity index is 2.34. The summed E-state index contributed by atoms with van der Waals surface area (Å²) in [7, 11) is -3.51. The number of sulfone groups is 1. The van der Waals surface area contributed by atoms with E-state index in [0.29, 0.717) is 33.2 Å². The van der Waals surface area contributed by atoms with Gasteiger partial charge in [0.25, 0.3) is 0 Å². The number of nitrogens with two attached hydrogens (primary N) is 1. The van der Waals surface area contributed by atoms with Gasteiger partial charge >= 0.3 is 0 Å². The van der Waals surface area contributed by atoms with E-state index in [-0.39, 0.29) is 16.6 Å². The van der Waals surface area contributed by atoms with Crippen molar-refractivity contribution >= 4 is 38.7 Å². The van der Waals surface area contributed by atoms with E-state index in [1.807, 2.05) is 6.07 Å². The highest BCUT2D eigenvalue weighted by Gasteiger charge is 2.24. The SMILES string of the molecule is C/C(N)=C1\N=C(c2ccccc2Cl)c2cnc(S(C)(=O)=O)cc2NC1=N. The smallest absolute Gasteiger partial charge is 0.192 e. The first-order valence-electron chi connectivity index (χ1n) is 7.55. The van der Waals surface area contributed by atoms with Gasteiger partial charge in [-0.1, -0.05) is 29.8 Å².